The molecule has 1 aliphatic heterocycles. The van der Waals surface area contributed by atoms with E-state index in [0.29, 0.717) is 25.5 Å². The van der Waals surface area contributed by atoms with E-state index in [9.17, 15) is 4.79 Å². The fourth-order valence-corrected chi connectivity index (χ4v) is 4.10. The molecule has 0 saturated carbocycles. The second-order valence-electron chi connectivity index (χ2n) is 8.10. The summed E-state index contributed by atoms with van der Waals surface area (Å²) in [4.78, 5) is 19.8. The Balaban J connectivity index is 1.67. The number of imidazole rings is 1. The van der Waals surface area contributed by atoms with Crippen LogP contribution in [-0.2, 0) is 11.3 Å². The van der Waals surface area contributed by atoms with Crippen LogP contribution < -0.4 is 9.64 Å². The van der Waals surface area contributed by atoms with E-state index in [-0.39, 0.29) is 11.8 Å². The molecule has 4 rings (SSSR count). The van der Waals surface area contributed by atoms with Gasteiger partial charge in [0.15, 0.2) is 0 Å². The fraction of sp³-hybridized carbons (Fsp3) is 0.417. The molecule has 0 bridgehead atoms. The molecule has 0 radical (unpaired) electrons. The number of hydrogen-bond donors (Lipinski definition) is 0. The van der Waals surface area contributed by atoms with E-state index in [1.807, 2.05) is 42.2 Å². The Morgan fingerprint density at radius 3 is 2.69 bits per heavy atom. The fourth-order valence-electron chi connectivity index (χ4n) is 4.10. The first-order valence-electron chi connectivity index (χ1n) is 10.6. The van der Waals surface area contributed by atoms with Crippen LogP contribution >= 0.6 is 0 Å². The Morgan fingerprint density at radius 1 is 1.14 bits per heavy atom. The molecule has 3 aromatic rings. The number of amides is 1. The molecule has 0 unspecified atom stereocenters. The lowest BCUT2D eigenvalue weighted by Gasteiger charge is -2.20. The number of carbonyl (C=O) groups is 1. The smallest absolute Gasteiger partial charge is 0.227 e. The Kier molecular flexibility index (Phi) is 5.56. The molecule has 0 aliphatic carbocycles. The molecule has 5 heteroatoms. The molecule has 1 atom stereocenters. The summed E-state index contributed by atoms with van der Waals surface area (Å²) in [5.74, 6) is 2.61. The summed E-state index contributed by atoms with van der Waals surface area (Å²) >= 11 is 0. The highest BCUT2D eigenvalue weighted by atomic mass is 16.5. The molecule has 0 spiro atoms. The lowest BCUT2D eigenvalue weighted by atomic mass is 10.1. The van der Waals surface area contributed by atoms with Gasteiger partial charge in [-0.05, 0) is 43.5 Å². The molecule has 1 fully saturated rings. The molecular formula is C24H29N3O2. The summed E-state index contributed by atoms with van der Waals surface area (Å²) in [7, 11) is 0. The van der Waals surface area contributed by atoms with Gasteiger partial charge in [0, 0.05) is 25.4 Å². The average Bonchev–Trinajstić information content (AvgIpc) is 3.27. The zero-order valence-electron chi connectivity index (χ0n) is 17.5. The van der Waals surface area contributed by atoms with E-state index < -0.39 is 0 Å². The summed E-state index contributed by atoms with van der Waals surface area (Å²) in [6, 6.07) is 16.1. The van der Waals surface area contributed by atoms with E-state index in [2.05, 4.69) is 36.6 Å². The minimum absolute atomic E-state index is 0.0803. The highest BCUT2D eigenvalue weighted by Crippen LogP contribution is 2.37. The number of nitrogens with zero attached hydrogens (tertiary/aromatic N) is 3. The summed E-state index contributed by atoms with van der Waals surface area (Å²) < 4.78 is 8.09. The van der Waals surface area contributed by atoms with E-state index in [1.165, 1.54) is 0 Å². The minimum atomic E-state index is 0.0803. The maximum atomic E-state index is 12.9. The largest absolute Gasteiger partial charge is 0.492 e. The zero-order chi connectivity index (χ0) is 20.4. The number of fused-ring (bicyclic) bond motifs is 1. The van der Waals surface area contributed by atoms with Crippen molar-refractivity contribution < 1.29 is 9.53 Å². The van der Waals surface area contributed by atoms with Crippen molar-refractivity contribution in [3.8, 4) is 5.75 Å². The molecule has 2 heterocycles. The van der Waals surface area contributed by atoms with Crippen LogP contribution in [0.1, 0.15) is 45.4 Å². The number of hydrogen-bond acceptors (Lipinski definition) is 3. The lowest BCUT2D eigenvalue weighted by Crippen LogP contribution is -2.25. The van der Waals surface area contributed by atoms with Gasteiger partial charge in [-0.3, -0.25) is 4.79 Å². The van der Waals surface area contributed by atoms with Gasteiger partial charge in [-0.25, -0.2) is 4.98 Å². The molecule has 5 nitrogen and oxygen atoms in total. The average molecular weight is 392 g/mol. The van der Waals surface area contributed by atoms with Gasteiger partial charge in [-0.2, -0.15) is 0 Å². The van der Waals surface area contributed by atoms with Crippen molar-refractivity contribution in [3.63, 3.8) is 0 Å². The van der Waals surface area contributed by atoms with E-state index in [4.69, 9.17) is 9.72 Å². The maximum Gasteiger partial charge on any atom is 0.227 e. The van der Waals surface area contributed by atoms with Crippen LogP contribution in [-0.4, -0.2) is 28.6 Å². The van der Waals surface area contributed by atoms with Gasteiger partial charge in [0.1, 0.15) is 11.6 Å². The predicted octanol–water partition coefficient (Wildman–Crippen LogP) is 5.00. The molecule has 1 aliphatic rings. The van der Waals surface area contributed by atoms with Crippen molar-refractivity contribution in [1.29, 1.82) is 0 Å². The predicted molar refractivity (Wildman–Crippen MR) is 117 cm³/mol. The van der Waals surface area contributed by atoms with E-state index in [0.717, 1.165) is 41.3 Å². The third-order valence-corrected chi connectivity index (χ3v) is 5.56. The van der Waals surface area contributed by atoms with Crippen molar-refractivity contribution in [2.45, 2.75) is 46.1 Å². The molecular weight excluding hydrogens is 362 g/mol. The van der Waals surface area contributed by atoms with E-state index >= 15 is 0 Å². The van der Waals surface area contributed by atoms with Crippen molar-refractivity contribution in [2.75, 3.05) is 18.1 Å². The second-order valence-corrected chi connectivity index (χ2v) is 8.10. The lowest BCUT2D eigenvalue weighted by molar-refractivity contribution is -0.117. The number of aryl methyl sites for hydroxylation is 1. The number of carbonyl (C=O) groups excluding carboxylic acids is 1. The highest BCUT2D eigenvalue weighted by molar-refractivity contribution is 5.97. The number of para-hydroxylation sites is 4. The second kappa shape index (κ2) is 8.27. The van der Waals surface area contributed by atoms with Crippen molar-refractivity contribution in [3.05, 3.63) is 54.4 Å². The number of ether oxygens (including phenoxy) is 1. The molecule has 1 amide bonds. The monoisotopic (exact) mass is 391 g/mol. The van der Waals surface area contributed by atoms with Crippen molar-refractivity contribution >= 4 is 22.6 Å². The van der Waals surface area contributed by atoms with Crippen LogP contribution in [0.3, 0.4) is 0 Å². The van der Waals surface area contributed by atoms with Gasteiger partial charge in [-0.1, -0.05) is 38.1 Å². The van der Waals surface area contributed by atoms with Gasteiger partial charge in [0.25, 0.3) is 0 Å². The zero-order valence-corrected chi connectivity index (χ0v) is 17.5. The maximum absolute atomic E-state index is 12.9. The molecule has 0 N–H and O–H groups in total. The first-order valence-corrected chi connectivity index (χ1v) is 10.6. The first-order chi connectivity index (χ1) is 14.1. The van der Waals surface area contributed by atoms with Crippen LogP contribution in [0.25, 0.3) is 11.0 Å². The van der Waals surface area contributed by atoms with Gasteiger partial charge in [0.2, 0.25) is 5.91 Å². The topological polar surface area (TPSA) is 47.4 Å². The van der Waals surface area contributed by atoms with Crippen LogP contribution in [0.5, 0.6) is 5.75 Å². The summed E-state index contributed by atoms with van der Waals surface area (Å²) in [5.41, 5.74) is 3.02. The van der Waals surface area contributed by atoms with Gasteiger partial charge in [0.05, 0.1) is 23.3 Å². The third kappa shape index (κ3) is 3.86. The van der Waals surface area contributed by atoms with Crippen LogP contribution in [0, 0.1) is 5.92 Å². The molecule has 2 aromatic carbocycles. The molecule has 152 valence electrons. The first kappa shape index (κ1) is 19.5. The quantitative estimate of drug-likeness (QED) is 0.569. The van der Waals surface area contributed by atoms with Gasteiger partial charge < -0.3 is 14.2 Å². The van der Waals surface area contributed by atoms with Crippen LogP contribution in [0.15, 0.2) is 48.5 Å². The third-order valence-electron chi connectivity index (χ3n) is 5.56. The molecule has 29 heavy (non-hydrogen) atoms. The molecule has 1 saturated heterocycles. The summed E-state index contributed by atoms with van der Waals surface area (Å²) in [6.45, 7) is 8.58. The molecule has 1 aromatic heterocycles. The Labute approximate surface area is 172 Å². The SMILES string of the molecule is CCOc1ccccc1N1C[C@@H](c2nc3ccccc3n2CCC(C)C)CC1=O. The number of aromatic nitrogens is 2. The van der Waals surface area contributed by atoms with Crippen LogP contribution in [0.2, 0.25) is 0 Å². The number of benzene rings is 2. The Bertz CT molecular complexity index is 1010. The highest BCUT2D eigenvalue weighted by Gasteiger charge is 2.35. The van der Waals surface area contributed by atoms with Gasteiger partial charge in [-0.15, -0.1) is 0 Å². The Morgan fingerprint density at radius 2 is 1.90 bits per heavy atom. The number of anilines is 1. The minimum Gasteiger partial charge on any atom is -0.492 e. The van der Waals surface area contributed by atoms with Crippen molar-refractivity contribution in [2.24, 2.45) is 5.92 Å². The summed E-state index contributed by atoms with van der Waals surface area (Å²) in [5, 5.41) is 0. The normalized spacial score (nSPS) is 16.9. The summed E-state index contributed by atoms with van der Waals surface area (Å²) in [6.07, 6.45) is 1.57. The Hall–Kier alpha value is -2.82. The standard InChI is InChI=1S/C24H29N3O2/c1-4-29-22-12-8-7-11-21(22)27-16-18(15-23(27)28)24-25-19-9-5-6-10-20(19)26(24)14-13-17(2)3/h5-12,17-18H,4,13-16H2,1-3H3/t18-/m0/s1. The van der Waals surface area contributed by atoms with Gasteiger partial charge >= 0.3 is 0 Å². The van der Waals surface area contributed by atoms with Crippen molar-refractivity contribution in [1.82, 2.24) is 9.55 Å². The van der Waals surface area contributed by atoms with Crippen LogP contribution in [0.4, 0.5) is 5.69 Å². The van der Waals surface area contributed by atoms with E-state index in [1.54, 1.807) is 0 Å². The number of rotatable bonds is 7.